The molecule has 0 aliphatic rings. The zero-order valence-corrected chi connectivity index (χ0v) is 13.5. The van der Waals surface area contributed by atoms with Gasteiger partial charge < -0.3 is 5.73 Å². The topological polar surface area (TPSA) is 72.2 Å². The van der Waals surface area contributed by atoms with Crippen LogP contribution in [0, 0.1) is 0 Å². The average Bonchev–Trinajstić information content (AvgIpc) is 2.37. The summed E-state index contributed by atoms with van der Waals surface area (Å²) in [6.45, 7) is 0.167. The minimum atomic E-state index is -3.75. The molecule has 0 bridgehead atoms. The molecule has 0 radical (unpaired) electrons. The summed E-state index contributed by atoms with van der Waals surface area (Å²) in [5.74, 6) is 0. The monoisotopic (exact) mass is 374 g/mol. The van der Waals surface area contributed by atoms with Gasteiger partial charge in [0.25, 0.3) is 0 Å². The Bertz CT molecular complexity index is 697. The predicted octanol–water partition coefficient (Wildman–Crippen LogP) is 3.16. The number of halogens is 2. The number of nitrogens with two attached hydrogens (primary N) is 1. The summed E-state index contributed by atoms with van der Waals surface area (Å²) in [6.07, 6.45) is 0. The Kier molecular flexibility index (Phi) is 4.70. The van der Waals surface area contributed by atoms with Crippen LogP contribution in [0.5, 0.6) is 0 Å². The van der Waals surface area contributed by atoms with E-state index >= 15 is 0 Å². The fourth-order valence-electron chi connectivity index (χ4n) is 1.66. The Morgan fingerprint density at radius 2 is 1.80 bits per heavy atom. The lowest BCUT2D eigenvalue weighted by molar-refractivity contribution is 0.582. The van der Waals surface area contributed by atoms with Crippen molar-refractivity contribution in [1.29, 1.82) is 0 Å². The van der Waals surface area contributed by atoms with E-state index in [1.807, 2.05) is 24.3 Å². The standard InChI is InChI=1S/C13H12BrClN2O2S/c14-10-6-4-9(5-7-10)8-17-20(18,19)13-11(15)2-1-3-12(13)16/h1-7,17H,8,16H2. The van der Waals surface area contributed by atoms with E-state index in [0.29, 0.717) is 0 Å². The molecule has 0 aliphatic carbocycles. The largest absolute Gasteiger partial charge is 0.398 e. The molecule has 0 fully saturated rings. The molecule has 0 saturated carbocycles. The number of anilines is 1. The summed E-state index contributed by atoms with van der Waals surface area (Å²) >= 11 is 9.23. The lowest BCUT2D eigenvalue weighted by Crippen LogP contribution is -2.24. The SMILES string of the molecule is Nc1cccc(Cl)c1S(=O)(=O)NCc1ccc(Br)cc1. The van der Waals surface area contributed by atoms with Crippen molar-refractivity contribution in [3.05, 3.63) is 57.5 Å². The summed E-state index contributed by atoms with van der Waals surface area (Å²) < 4.78 is 27.9. The molecule has 0 heterocycles. The van der Waals surface area contributed by atoms with E-state index in [4.69, 9.17) is 17.3 Å². The van der Waals surface area contributed by atoms with Crippen molar-refractivity contribution in [1.82, 2.24) is 4.72 Å². The van der Waals surface area contributed by atoms with Crippen LogP contribution in [0.4, 0.5) is 5.69 Å². The van der Waals surface area contributed by atoms with Gasteiger partial charge in [0.1, 0.15) is 4.90 Å². The maximum absolute atomic E-state index is 12.2. The number of hydrogen-bond acceptors (Lipinski definition) is 3. The van der Waals surface area contributed by atoms with Crippen molar-refractivity contribution in [2.24, 2.45) is 0 Å². The lowest BCUT2D eigenvalue weighted by Gasteiger charge is -2.10. The van der Waals surface area contributed by atoms with Gasteiger partial charge in [-0.1, -0.05) is 45.7 Å². The first-order valence-corrected chi connectivity index (χ1v) is 8.33. The second-order valence-corrected chi connectivity index (χ2v) is 7.14. The maximum Gasteiger partial charge on any atom is 0.244 e. The molecule has 3 N–H and O–H groups in total. The minimum absolute atomic E-state index is 0.0845. The van der Waals surface area contributed by atoms with Gasteiger partial charge in [-0.15, -0.1) is 0 Å². The predicted molar refractivity (Wildman–Crippen MR) is 84.0 cm³/mol. The molecule has 4 nitrogen and oxygen atoms in total. The molecule has 20 heavy (non-hydrogen) atoms. The van der Waals surface area contributed by atoms with Gasteiger partial charge in [-0.05, 0) is 29.8 Å². The summed E-state index contributed by atoms with van der Waals surface area (Å²) in [5, 5.41) is 0.105. The number of benzene rings is 2. The highest BCUT2D eigenvalue weighted by molar-refractivity contribution is 9.10. The van der Waals surface area contributed by atoms with E-state index in [0.717, 1.165) is 10.0 Å². The summed E-state index contributed by atoms with van der Waals surface area (Å²) in [6, 6.07) is 11.9. The molecule has 0 atom stereocenters. The molecule has 2 aromatic rings. The lowest BCUT2D eigenvalue weighted by atomic mass is 10.2. The van der Waals surface area contributed by atoms with Gasteiger partial charge in [0.05, 0.1) is 10.7 Å². The Hall–Kier alpha value is -1.08. The highest BCUT2D eigenvalue weighted by Gasteiger charge is 2.20. The van der Waals surface area contributed by atoms with E-state index < -0.39 is 10.0 Å². The second kappa shape index (κ2) is 6.13. The van der Waals surface area contributed by atoms with Crippen molar-refractivity contribution >= 4 is 43.2 Å². The van der Waals surface area contributed by atoms with Crippen LogP contribution in [-0.4, -0.2) is 8.42 Å². The maximum atomic E-state index is 12.2. The molecule has 0 spiro atoms. The Labute approximate surface area is 131 Å². The van der Waals surface area contributed by atoms with E-state index in [-0.39, 0.29) is 22.2 Å². The van der Waals surface area contributed by atoms with Gasteiger partial charge in [0, 0.05) is 11.0 Å². The Balaban J connectivity index is 2.22. The summed E-state index contributed by atoms with van der Waals surface area (Å²) in [5.41, 5.74) is 6.65. The van der Waals surface area contributed by atoms with Crippen molar-refractivity contribution in [3.63, 3.8) is 0 Å². The third-order valence-corrected chi connectivity index (χ3v) is 5.12. The van der Waals surface area contributed by atoms with E-state index in [2.05, 4.69) is 20.7 Å². The van der Waals surface area contributed by atoms with Crippen molar-refractivity contribution in [2.45, 2.75) is 11.4 Å². The Morgan fingerprint density at radius 1 is 1.15 bits per heavy atom. The number of hydrogen-bond donors (Lipinski definition) is 2. The quantitative estimate of drug-likeness (QED) is 0.806. The fourth-order valence-corrected chi connectivity index (χ4v) is 3.62. The van der Waals surface area contributed by atoms with E-state index in [9.17, 15) is 8.42 Å². The van der Waals surface area contributed by atoms with Gasteiger partial charge in [-0.2, -0.15) is 0 Å². The number of nitrogen functional groups attached to an aromatic ring is 1. The number of sulfonamides is 1. The zero-order valence-electron chi connectivity index (χ0n) is 10.3. The van der Waals surface area contributed by atoms with Crippen LogP contribution >= 0.6 is 27.5 Å². The van der Waals surface area contributed by atoms with Crippen molar-refractivity contribution < 1.29 is 8.42 Å². The van der Waals surface area contributed by atoms with Gasteiger partial charge in [0.2, 0.25) is 10.0 Å². The van der Waals surface area contributed by atoms with Gasteiger partial charge >= 0.3 is 0 Å². The normalized spacial score (nSPS) is 11.5. The molecule has 106 valence electrons. The number of nitrogens with one attached hydrogen (secondary N) is 1. The number of rotatable bonds is 4. The van der Waals surface area contributed by atoms with Gasteiger partial charge in [-0.3, -0.25) is 0 Å². The first kappa shape index (κ1) is 15.3. The van der Waals surface area contributed by atoms with Crippen molar-refractivity contribution in [3.8, 4) is 0 Å². The molecule has 0 aliphatic heterocycles. The van der Waals surface area contributed by atoms with Crippen molar-refractivity contribution in [2.75, 3.05) is 5.73 Å². The summed E-state index contributed by atoms with van der Waals surface area (Å²) in [7, 11) is -3.75. The van der Waals surface area contributed by atoms with Crippen LogP contribution in [0.25, 0.3) is 0 Å². The van der Waals surface area contributed by atoms with Crippen LogP contribution in [0.2, 0.25) is 5.02 Å². The van der Waals surface area contributed by atoms with Crippen LogP contribution in [-0.2, 0) is 16.6 Å². The van der Waals surface area contributed by atoms with Crippen LogP contribution in [0.15, 0.2) is 51.8 Å². The van der Waals surface area contributed by atoms with Gasteiger partial charge in [0.15, 0.2) is 0 Å². The van der Waals surface area contributed by atoms with Crippen LogP contribution in [0.3, 0.4) is 0 Å². The second-order valence-electron chi connectivity index (χ2n) is 4.11. The highest BCUT2D eigenvalue weighted by Crippen LogP contribution is 2.27. The molecular weight excluding hydrogens is 364 g/mol. The molecule has 2 aromatic carbocycles. The van der Waals surface area contributed by atoms with E-state index in [1.165, 1.54) is 12.1 Å². The average molecular weight is 376 g/mol. The Morgan fingerprint density at radius 3 is 2.40 bits per heavy atom. The molecule has 0 amide bonds. The van der Waals surface area contributed by atoms with Crippen LogP contribution in [0.1, 0.15) is 5.56 Å². The first-order valence-electron chi connectivity index (χ1n) is 5.68. The molecular formula is C13H12BrClN2O2S. The highest BCUT2D eigenvalue weighted by atomic mass is 79.9. The smallest absolute Gasteiger partial charge is 0.244 e. The molecule has 0 saturated heterocycles. The van der Waals surface area contributed by atoms with Gasteiger partial charge in [-0.25, -0.2) is 13.1 Å². The summed E-state index contributed by atoms with van der Waals surface area (Å²) in [4.78, 5) is -0.0845. The molecule has 7 heteroatoms. The molecule has 2 rings (SSSR count). The fraction of sp³-hybridized carbons (Fsp3) is 0.0769. The third-order valence-electron chi connectivity index (χ3n) is 2.65. The third kappa shape index (κ3) is 3.52. The minimum Gasteiger partial charge on any atom is -0.398 e. The van der Waals surface area contributed by atoms with Crippen LogP contribution < -0.4 is 10.5 Å². The first-order chi connectivity index (χ1) is 9.40. The van der Waals surface area contributed by atoms with E-state index in [1.54, 1.807) is 6.07 Å². The molecule has 0 unspecified atom stereocenters. The molecule has 0 aromatic heterocycles. The zero-order chi connectivity index (χ0) is 14.8.